The Balaban J connectivity index is 1.62. The van der Waals surface area contributed by atoms with Crippen LogP contribution in [0, 0.1) is 5.92 Å². The number of ether oxygens (including phenoxy) is 1. The molecule has 100 valence electrons. The highest BCUT2D eigenvalue weighted by atomic mass is 79.9. The normalized spacial score (nSPS) is 22.9. The first-order valence-electron chi connectivity index (χ1n) is 6.38. The van der Waals surface area contributed by atoms with Gasteiger partial charge in [0.15, 0.2) is 0 Å². The number of rotatable bonds is 6. The van der Waals surface area contributed by atoms with Gasteiger partial charge >= 0.3 is 0 Å². The van der Waals surface area contributed by atoms with Crippen molar-refractivity contribution in [3.63, 3.8) is 0 Å². The minimum absolute atomic E-state index is 0.0543. The number of likely N-dealkylation sites (N-methyl/N-ethyl adjacent to an activating group) is 1. The Hall–Kier alpha value is -0.580. The van der Waals surface area contributed by atoms with E-state index in [-0.39, 0.29) is 6.10 Å². The van der Waals surface area contributed by atoms with Crippen LogP contribution in [0.2, 0.25) is 0 Å². The van der Waals surface area contributed by atoms with Gasteiger partial charge in [0.25, 0.3) is 0 Å². The molecule has 18 heavy (non-hydrogen) atoms. The third-order valence-electron chi connectivity index (χ3n) is 3.32. The van der Waals surface area contributed by atoms with E-state index in [4.69, 9.17) is 4.74 Å². The van der Waals surface area contributed by atoms with E-state index in [0.29, 0.717) is 12.5 Å². The molecule has 1 aromatic carbocycles. The molecule has 0 amide bonds. The highest BCUT2D eigenvalue weighted by molar-refractivity contribution is 9.10. The summed E-state index contributed by atoms with van der Waals surface area (Å²) < 4.78 is 6.73. The lowest BCUT2D eigenvalue weighted by Crippen LogP contribution is -2.38. The standard InChI is InChI=1S/C14H20BrNO2/c1-16(10-11-7-13(17)8-11)5-6-18-14-4-2-3-12(15)9-14/h2-4,9,11,13,17H,5-8,10H2,1H3. The third kappa shape index (κ3) is 4.26. The van der Waals surface area contributed by atoms with Crippen molar-refractivity contribution < 1.29 is 9.84 Å². The zero-order chi connectivity index (χ0) is 13.0. The summed E-state index contributed by atoms with van der Waals surface area (Å²) >= 11 is 3.42. The van der Waals surface area contributed by atoms with Gasteiger partial charge in [-0.2, -0.15) is 0 Å². The van der Waals surface area contributed by atoms with Gasteiger partial charge in [0.1, 0.15) is 12.4 Å². The highest BCUT2D eigenvalue weighted by Crippen LogP contribution is 2.27. The smallest absolute Gasteiger partial charge is 0.120 e. The summed E-state index contributed by atoms with van der Waals surface area (Å²) in [6, 6.07) is 7.90. The average molecular weight is 314 g/mol. The van der Waals surface area contributed by atoms with E-state index in [1.54, 1.807) is 0 Å². The lowest BCUT2D eigenvalue weighted by molar-refractivity contribution is 0.0269. The summed E-state index contributed by atoms with van der Waals surface area (Å²) in [6.45, 7) is 2.67. The van der Waals surface area contributed by atoms with Crippen LogP contribution in [0.1, 0.15) is 12.8 Å². The lowest BCUT2D eigenvalue weighted by Gasteiger charge is -2.34. The largest absolute Gasteiger partial charge is 0.492 e. The van der Waals surface area contributed by atoms with Gasteiger partial charge in [0, 0.05) is 17.6 Å². The second kappa shape index (κ2) is 6.55. The van der Waals surface area contributed by atoms with Gasteiger partial charge < -0.3 is 14.7 Å². The van der Waals surface area contributed by atoms with E-state index in [1.165, 1.54) is 0 Å². The number of hydrogen-bond acceptors (Lipinski definition) is 3. The van der Waals surface area contributed by atoms with Gasteiger partial charge in [-0.1, -0.05) is 22.0 Å². The first kappa shape index (κ1) is 13.8. The summed E-state index contributed by atoms with van der Waals surface area (Å²) in [4.78, 5) is 2.27. The Morgan fingerprint density at radius 3 is 2.89 bits per heavy atom. The first-order chi connectivity index (χ1) is 8.63. The van der Waals surface area contributed by atoms with E-state index in [0.717, 1.165) is 36.2 Å². The fourth-order valence-electron chi connectivity index (χ4n) is 2.26. The monoisotopic (exact) mass is 313 g/mol. The Morgan fingerprint density at radius 2 is 2.22 bits per heavy atom. The number of benzene rings is 1. The first-order valence-corrected chi connectivity index (χ1v) is 7.18. The Bertz CT molecular complexity index is 380. The van der Waals surface area contributed by atoms with Crippen molar-refractivity contribution in [2.24, 2.45) is 5.92 Å². The second-order valence-electron chi connectivity index (χ2n) is 5.06. The summed E-state index contributed by atoms with van der Waals surface area (Å²) in [7, 11) is 2.11. The number of hydrogen-bond donors (Lipinski definition) is 1. The van der Waals surface area contributed by atoms with Gasteiger partial charge in [-0.3, -0.25) is 0 Å². The van der Waals surface area contributed by atoms with Gasteiger partial charge in [-0.15, -0.1) is 0 Å². The molecular formula is C14H20BrNO2. The van der Waals surface area contributed by atoms with Crippen molar-refractivity contribution >= 4 is 15.9 Å². The topological polar surface area (TPSA) is 32.7 Å². The van der Waals surface area contributed by atoms with Crippen LogP contribution in [0.15, 0.2) is 28.7 Å². The number of aliphatic hydroxyl groups excluding tert-OH is 1. The van der Waals surface area contributed by atoms with Crippen molar-refractivity contribution in [1.29, 1.82) is 0 Å². The van der Waals surface area contributed by atoms with Crippen molar-refractivity contribution in [3.05, 3.63) is 28.7 Å². The molecule has 0 bridgehead atoms. The van der Waals surface area contributed by atoms with Crippen LogP contribution in [-0.2, 0) is 0 Å². The summed E-state index contributed by atoms with van der Waals surface area (Å²) in [5.74, 6) is 1.56. The van der Waals surface area contributed by atoms with Crippen LogP contribution in [0.3, 0.4) is 0 Å². The predicted molar refractivity (Wildman–Crippen MR) is 75.9 cm³/mol. The quantitative estimate of drug-likeness (QED) is 0.876. The van der Waals surface area contributed by atoms with Crippen LogP contribution < -0.4 is 4.74 Å². The SMILES string of the molecule is CN(CCOc1cccc(Br)c1)CC1CC(O)C1. The molecule has 1 aliphatic carbocycles. The zero-order valence-electron chi connectivity index (χ0n) is 10.7. The molecule has 1 saturated carbocycles. The summed E-state index contributed by atoms with van der Waals surface area (Å²) in [5.41, 5.74) is 0. The molecule has 1 fully saturated rings. The van der Waals surface area contributed by atoms with Crippen LogP contribution in [0.4, 0.5) is 0 Å². The molecule has 3 nitrogen and oxygen atoms in total. The van der Waals surface area contributed by atoms with Crippen LogP contribution in [0.5, 0.6) is 5.75 Å². The van der Waals surface area contributed by atoms with E-state index in [1.807, 2.05) is 24.3 Å². The molecule has 0 atom stereocenters. The molecule has 0 heterocycles. The number of aliphatic hydroxyl groups is 1. The fraction of sp³-hybridized carbons (Fsp3) is 0.571. The van der Waals surface area contributed by atoms with Gasteiger partial charge in [-0.25, -0.2) is 0 Å². The molecule has 1 aliphatic rings. The van der Waals surface area contributed by atoms with E-state index in [2.05, 4.69) is 27.9 Å². The maximum Gasteiger partial charge on any atom is 0.120 e. The minimum atomic E-state index is -0.0543. The molecule has 4 heteroatoms. The second-order valence-corrected chi connectivity index (χ2v) is 5.98. The molecule has 0 saturated heterocycles. The van der Waals surface area contributed by atoms with E-state index in [9.17, 15) is 5.11 Å². The maximum absolute atomic E-state index is 9.23. The Kier molecular flexibility index (Phi) is 5.03. The van der Waals surface area contributed by atoms with Crippen molar-refractivity contribution in [2.75, 3.05) is 26.7 Å². The minimum Gasteiger partial charge on any atom is -0.492 e. The van der Waals surface area contributed by atoms with E-state index >= 15 is 0 Å². The van der Waals surface area contributed by atoms with E-state index < -0.39 is 0 Å². The maximum atomic E-state index is 9.23. The zero-order valence-corrected chi connectivity index (χ0v) is 12.3. The molecular weight excluding hydrogens is 294 g/mol. The Labute approximate surface area is 117 Å². The van der Waals surface area contributed by atoms with Gasteiger partial charge in [0.05, 0.1) is 6.10 Å². The molecule has 0 aromatic heterocycles. The lowest BCUT2D eigenvalue weighted by atomic mass is 9.82. The third-order valence-corrected chi connectivity index (χ3v) is 3.81. The van der Waals surface area contributed by atoms with Gasteiger partial charge in [-0.05, 0) is 44.0 Å². The van der Waals surface area contributed by atoms with Crippen molar-refractivity contribution in [3.8, 4) is 5.75 Å². The molecule has 2 rings (SSSR count). The predicted octanol–water partition coefficient (Wildman–Crippen LogP) is 2.53. The van der Waals surface area contributed by atoms with Crippen LogP contribution in [0.25, 0.3) is 0 Å². The van der Waals surface area contributed by atoms with Gasteiger partial charge in [0.2, 0.25) is 0 Å². The molecule has 1 aromatic rings. The Morgan fingerprint density at radius 1 is 1.44 bits per heavy atom. The average Bonchev–Trinajstić information content (AvgIpc) is 2.27. The molecule has 0 aliphatic heterocycles. The summed E-state index contributed by atoms with van der Waals surface area (Å²) in [6.07, 6.45) is 1.86. The number of halogens is 1. The van der Waals surface area contributed by atoms with Crippen molar-refractivity contribution in [2.45, 2.75) is 18.9 Å². The highest BCUT2D eigenvalue weighted by Gasteiger charge is 2.27. The summed E-state index contributed by atoms with van der Waals surface area (Å²) in [5, 5.41) is 9.23. The molecule has 0 radical (unpaired) electrons. The molecule has 0 spiro atoms. The fourth-order valence-corrected chi connectivity index (χ4v) is 2.64. The van der Waals surface area contributed by atoms with Crippen LogP contribution >= 0.6 is 15.9 Å². The number of nitrogens with zero attached hydrogens (tertiary/aromatic N) is 1. The van der Waals surface area contributed by atoms with Crippen LogP contribution in [-0.4, -0.2) is 42.9 Å². The van der Waals surface area contributed by atoms with Crippen molar-refractivity contribution in [1.82, 2.24) is 4.90 Å². The molecule has 1 N–H and O–H groups in total. The molecule has 0 unspecified atom stereocenters.